The van der Waals surface area contributed by atoms with Crippen LogP contribution in [0.15, 0.2) is 48.5 Å². The predicted octanol–water partition coefficient (Wildman–Crippen LogP) is 4.51. The summed E-state index contributed by atoms with van der Waals surface area (Å²) >= 11 is 0. The lowest BCUT2D eigenvalue weighted by atomic mass is 9.76. The molecule has 0 saturated carbocycles. The molecule has 2 aliphatic rings. The lowest BCUT2D eigenvalue weighted by molar-refractivity contribution is -0.131. The van der Waals surface area contributed by atoms with Crippen molar-refractivity contribution in [1.29, 1.82) is 0 Å². The Bertz CT molecular complexity index is 1360. The molecule has 1 spiro atoms. The first-order chi connectivity index (χ1) is 16.2. The molecule has 1 aliphatic carbocycles. The van der Waals surface area contributed by atoms with E-state index in [1.165, 1.54) is 6.07 Å². The predicted molar refractivity (Wildman–Crippen MR) is 126 cm³/mol. The molecule has 34 heavy (non-hydrogen) atoms. The Labute approximate surface area is 197 Å². The monoisotopic (exact) mass is 459 g/mol. The van der Waals surface area contributed by atoms with Gasteiger partial charge in [0.1, 0.15) is 11.4 Å². The Morgan fingerprint density at radius 3 is 2.62 bits per heavy atom. The molecule has 2 aromatic carbocycles. The number of Topliss-reactive ketones (excluding diaryl/α,β-unsaturated/α-hetero) is 1. The molecule has 6 nitrogen and oxygen atoms in total. The van der Waals surface area contributed by atoms with Crippen molar-refractivity contribution >= 4 is 17.7 Å². The van der Waals surface area contributed by atoms with Gasteiger partial charge < -0.3 is 9.88 Å². The van der Waals surface area contributed by atoms with Crippen LogP contribution in [-0.4, -0.2) is 33.7 Å². The van der Waals surface area contributed by atoms with Crippen LogP contribution in [0.2, 0.25) is 0 Å². The van der Waals surface area contributed by atoms with Crippen LogP contribution >= 0.6 is 0 Å². The van der Waals surface area contributed by atoms with Gasteiger partial charge in [0.2, 0.25) is 0 Å². The number of imide groups is 1. The van der Waals surface area contributed by atoms with Crippen molar-refractivity contribution in [3.05, 3.63) is 88.0 Å². The number of nitrogens with one attached hydrogen (secondary N) is 1. The molecule has 3 amide bonds. The number of amides is 3. The molecule has 1 N–H and O–H groups in total. The molecule has 3 aromatic rings. The fraction of sp³-hybridized carbons (Fsp3) is 0.296. The van der Waals surface area contributed by atoms with Crippen molar-refractivity contribution in [3.63, 3.8) is 0 Å². The van der Waals surface area contributed by atoms with E-state index in [1.807, 2.05) is 31.2 Å². The third-order valence-electron chi connectivity index (χ3n) is 7.10. The van der Waals surface area contributed by atoms with Crippen molar-refractivity contribution in [1.82, 2.24) is 14.8 Å². The van der Waals surface area contributed by atoms with Crippen LogP contribution in [0.5, 0.6) is 0 Å². The lowest BCUT2D eigenvalue weighted by Gasteiger charge is -2.33. The number of carbonyl (C=O) groups excluding carboxylic acids is 3. The molecule has 5 rings (SSSR count). The minimum absolute atomic E-state index is 0.324. The van der Waals surface area contributed by atoms with Crippen LogP contribution in [-0.2, 0) is 16.8 Å². The van der Waals surface area contributed by atoms with Crippen LogP contribution in [0.3, 0.4) is 0 Å². The summed E-state index contributed by atoms with van der Waals surface area (Å²) < 4.78 is 16.0. The number of ketones is 1. The van der Waals surface area contributed by atoms with Gasteiger partial charge in [-0.2, -0.15) is 0 Å². The highest BCUT2D eigenvalue weighted by molar-refractivity contribution is 6.12. The normalized spacial score (nSPS) is 19.5. The van der Waals surface area contributed by atoms with Gasteiger partial charge in [0.15, 0.2) is 5.78 Å². The molecule has 7 heteroatoms. The minimum atomic E-state index is -1.11. The maximum atomic E-state index is 14.2. The number of halogens is 1. The number of carbonyl (C=O) groups is 3. The van der Waals surface area contributed by atoms with E-state index in [0.717, 1.165) is 34.6 Å². The van der Waals surface area contributed by atoms with Crippen molar-refractivity contribution in [2.75, 3.05) is 6.54 Å². The summed E-state index contributed by atoms with van der Waals surface area (Å²) in [5.41, 5.74) is 3.71. The first-order valence-corrected chi connectivity index (χ1v) is 11.4. The Hall–Kier alpha value is -3.74. The second kappa shape index (κ2) is 7.94. The van der Waals surface area contributed by atoms with Crippen molar-refractivity contribution in [3.8, 4) is 5.69 Å². The highest BCUT2D eigenvalue weighted by Crippen LogP contribution is 2.40. The number of fused-ring (bicyclic) bond motifs is 2. The average Bonchev–Trinajstić information content (AvgIpc) is 3.24. The van der Waals surface area contributed by atoms with Gasteiger partial charge in [-0.3, -0.25) is 14.5 Å². The SMILES string of the molecule is Cc1ccc(-n2c(C)cc(C(=O)CN3C(=O)NC4(CCCc5ccccc54)C3=O)c2C)cc1F. The van der Waals surface area contributed by atoms with Gasteiger partial charge in [-0.15, -0.1) is 0 Å². The summed E-state index contributed by atoms with van der Waals surface area (Å²) in [5, 5.41) is 2.89. The molecule has 1 atom stereocenters. The van der Waals surface area contributed by atoms with Crippen LogP contribution < -0.4 is 5.32 Å². The Balaban J connectivity index is 1.44. The Kier molecular flexibility index (Phi) is 5.15. The number of aromatic nitrogens is 1. The standard InChI is InChI=1S/C27H26FN3O3/c1-16-10-11-20(14-23(16)28)31-17(2)13-21(18(31)3)24(32)15-30-25(33)27(29-26(30)34)12-6-8-19-7-4-5-9-22(19)27/h4-5,7,9-11,13-14H,6,8,12,15H2,1-3H3,(H,29,34). The van der Waals surface area contributed by atoms with Gasteiger partial charge in [-0.1, -0.05) is 30.3 Å². The molecule has 0 radical (unpaired) electrons. The molecule has 1 saturated heterocycles. The summed E-state index contributed by atoms with van der Waals surface area (Å²) in [7, 11) is 0. The van der Waals surface area contributed by atoms with E-state index in [1.54, 1.807) is 36.6 Å². The zero-order valence-corrected chi connectivity index (χ0v) is 19.4. The minimum Gasteiger partial charge on any atom is -0.319 e. The van der Waals surface area contributed by atoms with E-state index >= 15 is 0 Å². The zero-order valence-electron chi connectivity index (χ0n) is 19.4. The third kappa shape index (κ3) is 3.26. The third-order valence-corrected chi connectivity index (χ3v) is 7.10. The van der Waals surface area contributed by atoms with Gasteiger partial charge in [-0.25, -0.2) is 9.18 Å². The summed E-state index contributed by atoms with van der Waals surface area (Å²) in [5.74, 6) is -1.04. The second-order valence-corrected chi connectivity index (χ2v) is 9.21. The van der Waals surface area contributed by atoms with Crippen LogP contribution in [0, 0.1) is 26.6 Å². The maximum Gasteiger partial charge on any atom is 0.325 e. The average molecular weight is 460 g/mol. The smallest absolute Gasteiger partial charge is 0.319 e. The fourth-order valence-electron chi connectivity index (χ4n) is 5.35. The number of benzene rings is 2. The Morgan fingerprint density at radius 2 is 1.85 bits per heavy atom. The summed E-state index contributed by atoms with van der Waals surface area (Å²) in [6, 6.07) is 13.7. The second-order valence-electron chi connectivity index (χ2n) is 9.21. The van der Waals surface area contributed by atoms with Gasteiger partial charge in [0.05, 0.1) is 6.54 Å². The number of hydrogen-bond donors (Lipinski definition) is 1. The maximum absolute atomic E-state index is 14.2. The molecule has 1 unspecified atom stereocenters. The van der Waals surface area contributed by atoms with Crippen LogP contribution in [0.4, 0.5) is 9.18 Å². The van der Waals surface area contributed by atoms with E-state index in [2.05, 4.69) is 5.32 Å². The van der Waals surface area contributed by atoms with Crippen molar-refractivity contribution in [2.45, 2.75) is 45.6 Å². The number of rotatable bonds is 4. The molecule has 0 bridgehead atoms. The van der Waals surface area contributed by atoms with Gasteiger partial charge >= 0.3 is 6.03 Å². The number of hydrogen-bond acceptors (Lipinski definition) is 3. The zero-order chi connectivity index (χ0) is 24.2. The highest BCUT2D eigenvalue weighted by Gasteiger charge is 2.54. The van der Waals surface area contributed by atoms with E-state index < -0.39 is 11.6 Å². The fourth-order valence-corrected chi connectivity index (χ4v) is 5.35. The van der Waals surface area contributed by atoms with E-state index in [9.17, 15) is 18.8 Å². The highest BCUT2D eigenvalue weighted by atomic mass is 19.1. The summed E-state index contributed by atoms with van der Waals surface area (Å²) in [6.45, 7) is 4.96. The van der Waals surface area contributed by atoms with Crippen molar-refractivity contribution < 1.29 is 18.8 Å². The topological polar surface area (TPSA) is 71.4 Å². The largest absolute Gasteiger partial charge is 0.325 e. The lowest BCUT2D eigenvalue weighted by Crippen LogP contribution is -2.46. The van der Waals surface area contributed by atoms with Crippen molar-refractivity contribution in [2.24, 2.45) is 0 Å². The first kappa shape index (κ1) is 22.1. The molecular weight excluding hydrogens is 433 g/mol. The number of urea groups is 1. The molecular formula is C27H26FN3O3. The van der Waals surface area contributed by atoms with Gasteiger partial charge in [0, 0.05) is 22.6 Å². The first-order valence-electron chi connectivity index (χ1n) is 11.4. The van der Waals surface area contributed by atoms with Crippen LogP contribution in [0.25, 0.3) is 5.69 Å². The van der Waals surface area contributed by atoms with E-state index in [0.29, 0.717) is 28.9 Å². The summed E-state index contributed by atoms with van der Waals surface area (Å²) in [6.07, 6.45) is 2.14. The Morgan fingerprint density at radius 1 is 1.09 bits per heavy atom. The van der Waals surface area contributed by atoms with Crippen LogP contribution in [0.1, 0.15) is 51.3 Å². The van der Waals surface area contributed by atoms with Gasteiger partial charge in [0.25, 0.3) is 5.91 Å². The van der Waals surface area contributed by atoms with Gasteiger partial charge in [-0.05, 0) is 74.9 Å². The molecule has 1 fully saturated rings. The van der Waals surface area contributed by atoms with E-state index in [4.69, 9.17) is 0 Å². The molecule has 2 heterocycles. The molecule has 1 aliphatic heterocycles. The van der Waals surface area contributed by atoms with E-state index in [-0.39, 0.29) is 24.1 Å². The number of aryl methyl sites for hydroxylation is 3. The number of nitrogens with zero attached hydrogens (tertiary/aromatic N) is 2. The quantitative estimate of drug-likeness (QED) is 0.461. The summed E-state index contributed by atoms with van der Waals surface area (Å²) in [4.78, 5) is 40.7. The molecule has 174 valence electrons. The molecule has 1 aromatic heterocycles.